The van der Waals surface area contributed by atoms with Crippen molar-refractivity contribution in [1.82, 2.24) is 4.98 Å². The highest BCUT2D eigenvalue weighted by Gasteiger charge is 2.20. The van der Waals surface area contributed by atoms with E-state index in [2.05, 4.69) is 18.8 Å². The second-order valence-electron chi connectivity index (χ2n) is 3.91. The molecule has 0 fully saturated rings. The van der Waals surface area contributed by atoms with Crippen LogP contribution in [0.2, 0.25) is 0 Å². The van der Waals surface area contributed by atoms with Crippen LogP contribution >= 0.6 is 11.3 Å². The number of hydrogen-bond acceptors (Lipinski definition) is 4. The highest BCUT2D eigenvalue weighted by atomic mass is 32.1. The molecule has 0 aromatic carbocycles. The van der Waals surface area contributed by atoms with E-state index in [-0.39, 0.29) is 6.10 Å². The number of ether oxygens (including phenoxy) is 1. The zero-order valence-electron chi connectivity index (χ0n) is 9.73. The van der Waals surface area contributed by atoms with Crippen molar-refractivity contribution >= 4 is 11.3 Å². The molecule has 0 bridgehead atoms. The van der Waals surface area contributed by atoms with Crippen LogP contribution in [0.15, 0.2) is 5.38 Å². The topological polar surface area (TPSA) is 42.4 Å². The summed E-state index contributed by atoms with van der Waals surface area (Å²) in [4.78, 5) is 4.39. The Labute approximate surface area is 95.1 Å². The molecule has 0 aliphatic carbocycles. The van der Waals surface area contributed by atoms with Gasteiger partial charge in [-0.05, 0) is 19.8 Å². The maximum atomic E-state index is 9.39. The number of rotatable bonds is 5. The van der Waals surface area contributed by atoms with E-state index in [1.165, 1.54) is 0 Å². The average Bonchev–Trinajstić information content (AvgIpc) is 2.62. The second-order valence-corrected chi connectivity index (χ2v) is 4.80. The van der Waals surface area contributed by atoms with E-state index in [1.54, 1.807) is 18.3 Å². The van der Waals surface area contributed by atoms with Gasteiger partial charge in [-0.3, -0.25) is 0 Å². The van der Waals surface area contributed by atoms with Crippen LogP contribution in [0, 0.1) is 5.92 Å². The van der Waals surface area contributed by atoms with Gasteiger partial charge in [-0.1, -0.05) is 13.8 Å². The zero-order chi connectivity index (χ0) is 11.4. The summed E-state index contributed by atoms with van der Waals surface area (Å²) < 4.78 is 5.65. The van der Waals surface area contributed by atoms with Crippen LogP contribution in [-0.2, 0) is 4.74 Å². The summed E-state index contributed by atoms with van der Waals surface area (Å²) >= 11 is 1.56. The summed E-state index contributed by atoms with van der Waals surface area (Å²) in [5, 5.41) is 12.2. The van der Waals surface area contributed by atoms with Crippen LogP contribution in [0.25, 0.3) is 0 Å². The highest BCUT2D eigenvalue weighted by molar-refractivity contribution is 7.09. The van der Waals surface area contributed by atoms with Crippen molar-refractivity contribution < 1.29 is 9.84 Å². The van der Waals surface area contributed by atoms with Gasteiger partial charge in [0.15, 0.2) is 0 Å². The number of thiazole rings is 1. The van der Waals surface area contributed by atoms with E-state index in [4.69, 9.17) is 4.74 Å². The molecule has 1 N–H and O–H groups in total. The van der Waals surface area contributed by atoms with Crippen molar-refractivity contribution in [2.24, 2.45) is 5.92 Å². The van der Waals surface area contributed by atoms with Crippen LogP contribution in [0.5, 0.6) is 0 Å². The molecule has 86 valence electrons. The van der Waals surface area contributed by atoms with E-state index in [0.29, 0.717) is 12.5 Å². The van der Waals surface area contributed by atoms with Crippen LogP contribution in [0.3, 0.4) is 0 Å². The Morgan fingerprint density at radius 2 is 2.13 bits per heavy atom. The van der Waals surface area contributed by atoms with Crippen molar-refractivity contribution in [3.63, 3.8) is 0 Å². The molecule has 0 aliphatic heterocycles. The number of aromatic nitrogens is 1. The Kier molecular flexibility index (Phi) is 4.70. The van der Waals surface area contributed by atoms with Gasteiger partial charge >= 0.3 is 0 Å². The quantitative estimate of drug-likeness (QED) is 0.844. The SMILES string of the molecule is CCOC(c1nc(C(C)O)cs1)C(C)C. The molecular weight excluding hydrogens is 210 g/mol. The molecule has 2 atom stereocenters. The molecule has 0 saturated carbocycles. The van der Waals surface area contributed by atoms with Crippen molar-refractivity contribution in [1.29, 1.82) is 0 Å². The Bertz CT molecular complexity index is 297. The minimum absolute atomic E-state index is 0.0486. The molecule has 0 saturated heterocycles. The second kappa shape index (κ2) is 5.58. The standard InChI is InChI=1S/C11H19NO2S/c1-5-14-10(7(2)3)11-12-9(6-15-11)8(4)13/h6-8,10,13H,5H2,1-4H3. The van der Waals surface area contributed by atoms with Gasteiger partial charge in [0.2, 0.25) is 0 Å². The summed E-state index contributed by atoms with van der Waals surface area (Å²) in [6.07, 6.45) is -0.447. The van der Waals surface area contributed by atoms with Crippen molar-refractivity contribution in [3.8, 4) is 0 Å². The van der Waals surface area contributed by atoms with Crippen molar-refractivity contribution in [2.75, 3.05) is 6.61 Å². The van der Waals surface area contributed by atoms with Crippen LogP contribution < -0.4 is 0 Å². The fraction of sp³-hybridized carbons (Fsp3) is 0.727. The van der Waals surface area contributed by atoms with Crippen LogP contribution in [0.1, 0.15) is 50.6 Å². The molecule has 0 amide bonds. The van der Waals surface area contributed by atoms with E-state index < -0.39 is 6.10 Å². The van der Waals surface area contributed by atoms with Gasteiger partial charge < -0.3 is 9.84 Å². The average molecular weight is 229 g/mol. The molecule has 1 aromatic rings. The van der Waals surface area contributed by atoms with Gasteiger partial charge in [0.25, 0.3) is 0 Å². The Balaban J connectivity index is 2.81. The summed E-state index contributed by atoms with van der Waals surface area (Å²) in [7, 11) is 0. The van der Waals surface area contributed by atoms with Crippen molar-refractivity contribution in [2.45, 2.75) is 39.9 Å². The Hall–Kier alpha value is -0.450. The molecule has 4 heteroatoms. The fourth-order valence-corrected chi connectivity index (χ4v) is 2.48. The normalized spacial score (nSPS) is 15.6. The number of nitrogens with zero attached hydrogens (tertiary/aromatic N) is 1. The molecule has 1 aromatic heterocycles. The van der Waals surface area contributed by atoms with Crippen molar-refractivity contribution in [3.05, 3.63) is 16.1 Å². The van der Waals surface area contributed by atoms with Crippen LogP contribution in [-0.4, -0.2) is 16.7 Å². The first-order valence-electron chi connectivity index (χ1n) is 5.31. The van der Waals surface area contributed by atoms with Gasteiger partial charge in [0, 0.05) is 12.0 Å². The molecule has 0 spiro atoms. The lowest BCUT2D eigenvalue weighted by Crippen LogP contribution is -2.11. The van der Waals surface area contributed by atoms with E-state index in [0.717, 1.165) is 10.7 Å². The maximum absolute atomic E-state index is 9.39. The number of aliphatic hydroxyl groups is 1. The van der Waals surface area contributed by atoms with Gasteiger partial charge in [-0.2, -0.15) is 0 Å². The number of aliphatic hydroxyl groups excluding tert-OH is 1. The molecule has 3 nitrogen and oxygen atoms in total. The third-order valence-corrected chi connectivity index (χ3v) is 3.09. The summed E-state index contributed by atoms with van der Waals surface area (Å²) in [6.45, 7) is 8.63. The molecule has 2 unspecified atom stereocenters. The minimum atomic E-state index is -0.496. The summed E-state index contributed by atoms with van der Waals surface area (Å²) in [5.41, 5.74) is 0.736. The lowest BCUT2D eigenvalue weighted by Gasteiger charge is -2.18. The number of hydrogen-bond donors (Lipinski definition) is 1. The maximum Gasteiger partial charge on any atom is 0.122 e. The van der Waals surface area contributed by atoms with Gasteiger partial charge in [0.05, 0.1) is 11.8 Å². The first-order chi connectivity index (χ1) is 7.06. The largest absolute Gasteiger partial charge is 0.387 e. The minimum Gasteiger partial charge on any atom is -0.387 e. The van der Waals surface area contributed by atoms with E-state index >= 15 is 0 Å². The molecule has 15 heavy (non-hydrogen) atoms. The third-order valence-electron chi connectivity index (χ3n) is 2.16. The molecule has 0 radical (unpaired) electrons. The first-order valence-corrected chi connectivity index (χ1v) is 6.19. The fourth-order valence-electron chi connectivity index (χ4n) is 1.35. The first kappa shape index (κ1) is 12.6. The molecule has 1 rings (SSSR count). The van der Waals surface area contributed by atoms with Gasteiger partial charge in [-0.25, -0.2) is 4.98 Å². The smallest absolute Gasteiger partial charge is 0.122 e. The van der Waals surface area contributed by atoms with Crippen LogP contribution in [0.4, 0.5) is 0 Å². The van der Waals surface area contributed by atoms with E-state index in [1.807, 2.05) is 12.3 Å². The monoisotopic (exact) mass is 229 g/mol. The summed E-state index contributed by atoms with van der Waals surface area (Å²) in [5.74, 6) is 0.401. The highest BCUT2D eigenvalue weighted by Crippen LogP contribution is 2.29. The third kappa shape index (κ3) is 3.26. The summed E-state index contributed by atoms with van der Waals surface area (Å²) in [6, 6.07) is 0. The Morgan fingerprint density at radius 3 is 2.53 bits per heavy atom. The van der Waals surface area contributed by atoms with E-state index in [9.17, 15) is 5.11 Å². The molecular formula is C11H19NO2S. The predicted molar refractivity (Wildman–Crippen MR) is 62.0 cm³/mol. The van der Waals surface area contributed by atoms with Gasteiger partial charge in [0.1, 0.15) is 11.1 Å². The lowest BCUT2D eigenvalue weighted by molar-refractivity contribution is 0.0289. The Morgan fingerprint density at radius 1 is 1.47 bits per heavy atom. The van der Waals surface area contributed by atoms with Gasteiger partial charge in [-0.15, -0.1) is 11.3 Å². The zero-order valence-corrected chi connectivity index (χ0v) is 10.5. The molecule has 0 aliphatic rings. The molecule has 1 heterocycles. The predicted octanol–water partition coefficient (Wildman–Crippen LogP) is 2.93. The lowest BCUT2D eigenvalue weighted by atomic mass is 10.1.